The van der Waals surface area contributed by atoms with E-state index in [2.05, 4.69) is 174 Å². The number of hydrogen-bond acceptors (Lipinski definition) is 5. The van der Waals surface area contributed by atoms with Gasteiger partial charge in [0.25, 0.3) is 0 Å². The molecule has 4 unspecified atom stereocenters. The SMILES string of the molecule is C=S(=C)(NC)c1ccccc1.C=S(=C)(NC)c1ccccc1.Cc1ccc2c(c1)CCC(NCC1CCCCC1)C2Cc1ccc(N(C)C)cc1.Cc1cccc2c1C(Cc1ccccc1)C(NCC1CCC(C)CC1)CC2. The number of hydrogen-bond donors (Lipinski definition) is 4. The highest BCUT2D eigenvalue weighted by Crippen LogP contribution is 2.39. The van der Waals surface area contributed by atoms with Crippen LogP contribution in [0.25, 0.3) is 0 Å². The van der Waals surface area contributed by atoms with Gasteiger partial charge in [0.1, 0.15) is 0 Å². The second-order valence-electron chi connectivity index (χ2n) is 23.6. The van der Waals surface area contributed by atoms with E-state index in [1.807, 2.05) is 74.8 Å². The Labute approximate surface area is 476 Å². The standard InChI is InChI=1S/C27H38N2.C26H35N.2C9H13NS/c1-20-9-15-25-23(17-20)12-16-27(28-19-22-7-5-4-6-8-22)26(25)18-21-10-13-24(14-11-21)29(2)3;1-19-11-13-22(14-12-19)18-27-25-16-15-23-10-6-7-20(2)26(23)24(25)17-21-8-4-3-5-9-21;2*1-10-11(2,3)9-7-5-4-6-8-9/h9-11,13-15,17,22,26-28H,4-8,12,16,18-19H2,1-3H3;3-10,19,22,24-25,27H,11-18H2,1-2H3;2*4-8,10H,2-3H2,1H3. The van der Waals surface area contributed by atoms with E-state index in [1.165, 1.54) is 134 Å². The molecule has 0 aromatic heterocycles. The summed E-state index contributed by atoms with van der Waals surface area (Å²) in [6.45, 7) is 9.37. The summed E-state index contributed by atoms with van der Waals surface area (Å²) in [4.78, 5) is 4.54. The van der Waals surface area contributed by atoms with Crippen molar-refractivity contribution in [2.24, 2.45) is 17.8 Å². The fourth-order valence-corrected chi connectivity index (χ4v) is 14.3. The Balaban J connectivity index is 0.000000165. The number of anilines is 1. The minimum absolute atomic E-state index is 0.577. The van der Waals surface area contributed by atoms with E-state index in [1.54, 1.807) is 22.3 Å². The molecule has 6 aromatic carbocycles. The lowest BCUT2D eigenvalue weighted by molar-refractivity contribution is 0.262. The van der Waals surface area contributed by atoms with Crippen LogP contribution in [0.4, 0.5) is 5.69 Å². The monoisotopic (exact) mass is 1090 g/mol. The summed E-state index contributed by atoms with van der Waals surface area (Å²) < 4.78 is 6.24. The third-order valence-electron chi connectivity index (χ3n) is 17.5. The maximum atomic E-state index is 4.04. The third-order valence-corrected chi connectivity index (χ3v) is 21.4. The van der Waals surface area contributed by atoms with Crippen molar-refractivity contribution in [2.75, 3.05) is 46.2 Å². The van der Waals surface area contributed by atoms with Crippen LogP contribution in [0.1, 0.15) is 134 Å². The molecule has 0 radical (unpaired) electrons. The van der Waals surface area contributed by atoms with Gasteiger partial charge in [0.05, 0.1) is 0 Å². The van der Waals surface area contributed by atoms with Crippen molar-refractivity contribution < 1.29 is 0 Å². The van der Waals surface area contributed by atoms with Crippen LogP contribution in [0, 0.1) is 31.6 Å². The first-order valence-electron chi connectivity index (χ1n) is 29.5. The largest absolute Gasteiger partial charge is 0.378 e. The van der Waals surface area contributed by atoms with E-state index < -0.39 is 18.8 Å². The van der Waals surface area contributed by atoms with Crippen molar-refractivity contribution in [1.29, 1.82) is 0 Å². The molecule has 0 spiro atoms. The Morgan fingerprint density at radius 3 is 1.55 bits per heavy atom. The summed E-state index contributed by atoms with van der Waals surface area (Å²) in [5.74, 6) is 20.0. The zero-order valence-corrected chi connectivity index (χ0v) is 50.7. The van der Waals surface area contributed by atoms with Crippen LogP contribution in [0.2, 0.25) is 0 Å². The lowest BCUT2D eigenvalue weighted by Gasteiger charge is -2.37. The molecule has 420 valence electrons. The second kappa shape index (κ2) is 30.1. The van der Waals surface area contributed by atoms with Crippen LogP contribution in [-0.4, -0.2) is 76.8 Å². The van der Waals surface area contributed by atoms with Crippen LogP contribution < -0.4 is 25.0 Å². The molecule has 6 aromatic rings. The first-order chi connectivity index (χ1) is 37.6. The first-order valence-corrected chi connectivity index (χ1v) is 33.5. The minimum Gasteiger partial charge on any atom is -0.378 e. The maximum Gasteiger partial charge on any atom is 0.0361 e. The van der Waals surface area contributed by atoms with Gasteiger partial charge in [0.2, 0.25) is 0 Å². The van der Waals surface area contributed by atoms with Crippen molar-refractivity contribution in [2.45, 2.75) is 151 Å². The molecular weight excluding hydrogens is 987 g/mol. The summed E-state index contributed by atoms with van der Waals surface area (Å²) in [5, 5.41) is 8.08. The van der Waals surface area contributed by atoms with Gasteiger partial charge in [-0.15, -0.1) is 18.8 Å². The van der Waals surface area contributed by atoms with Crippen LogP contribution in [-0.2, 0) is 25.7 Å². The van der Waals surface area contributed by atoms with E-state index in [-0.39, 0.29) is 0 Å². The molecule has 4 aliphatic rings. The average molecular weight is 1090 g/mol. The molecule has 0 amide bonds. The van der Waals surface area contributed by atoms with Crippen molar-refractivity contribution in [3.05, 3.63) is 196 Å². The Morgan fingerprint density at radius 1 is 0.500 bits per heavy atom. The molecule has 5 nitrogen and oxygen atoms in total. The summed E-state index contributed by atoms with van der Waals surface area (Å²) in [5.41, 5.74) is 13.5. The Kier molecular flexibility index (Phi) is 23.4. The molecule has 7 heteroatoms. The summed E-state index contributed by atoms with van der Waals surface area (Å²) >= 11 is 0. The molecule has 4 atom stereocenters. The fourth-order valence-electron chi connectivity index (χ4n) is 12.4. The summed E-state index contributed by atoms with van der Waals surface area (Å²) in [6.07, 6.45) is 20.1. The molecule has 2 fully saturated rings. The van der Waals surface area contributed by atoms with Gasteiger partial charge in [0, 0.05) is 53.5 Å². The normalized spacial score (nSPS) is 21.2. The first kappa shape index (κ1) is 60.8. The van der Waals surface area contributed by atoms with Gasteiger partial charge in [-0.1, -0.05) is 183 Å². The zero-order chi connectivity index (χ0) is 55.5. The molecule has 0 aliphatic heterocycles. The van der Waals surface area contributed by atoms with Crippen molar-refractivity contribution in [3.8, 4) is 0 Å². The highest BCUT2D eigenvalue weighted by atomic mass is 32.2. The lowest BCUT2D eigenvalue weighted by atomic mass is 9.74. The molecule has 4 N–H and O–H groups in total. The number of benzene rings is 6. The van der Waals surface area contributed by atoms with E-state index in [9.17, 15) is 0 Å². The molecule has 0 saturated heterocycles. The molecule has 2 saturated carbocycles. The number of fused-ring (bicyclic) bond motifs is 2. The van der Waals surface area contributed by atoms with E-state index in [0.29, 0.717) is 23.9 Å². The van der Waals surface area contributed by atoms with Gasteiger partial charge in [0.15, 0.2) is 0 Å². The smallest absolute Gasteiger partial charge is 0.0361 e. The van der Waals surface area contributed by atoms with Gasteiger partial charge < -0.3 is 15.5 Å². The minimum atomic E-state index is -1.25. The summed E-state index contributed by atoms with van der Waals surface area (Å²) in [6, 6.07) is 55.7. The van der Waals surface area contributed by atoms with Gasteiger partial charge >= 0.3 is 0 Å². The van der Waals surface area contributed by atoms with Crippen molar-refractivity contribution in [1.82, 2.24) is 20.1 Å². The molecule has 4 aliphatic carbocycles. The molecule has 0 heterocycles. The highest BCUT2D eigenvalue weighted by Gasteiger charge is 2.32. The number of nitrogens with one attached hydrogen (secondary N) is 4. The lowest BCUT2D eigenvalue weighted by Crippen LogP contribution is -2.42. The Morgan fingerprint density at radius 2 is 1.00 bits per heavy atom. The number of aryl methyl sites for hydroxylation is 4. The zero-order valence-electron chi connectivity index (χ0n) is 49.1. The van der Waals surface area contributed by atoms with Crippen LogP contribution in [0.5, 0.6) is 0 Å². The van der Waals surface area contributed by atoms with Gasteiger partial charge in [-0.05, 0) is 198 Å². The molecule has 0 bridgehead atoms. The maximum absolute atomic E-state index is 4.04. The van der Waals surface area contributed by atoms with E-state index >= 15 is 0 Å². The van der Waals surface area contributed by atoms with Crippen LogP contribution in [0.15, 0.2) is 161 Å². The molecule has 78 heavy (non-hydrogen) atoms. The predicted molar refractivity (Wildman–Crippen MR) is 352 cm³/mol. The second-order valence-corrected chi connectivity index (χ2v) is 28.8. The fraction of sp³-hybridized carbons (Fsp3) is 0.437. The summed E-state index contributed by atoms with van der Waals surface area (Å²) in [7, 11) is 5.51. The van der Waals surface area contributed by atoms with Crippen LogP contribution >= 0.6 is 18.8 Å². The van der Waals surface area contributed by atoms with Crippen molar-refractivity contribution in [3.63, 3.8) is 0 Å². The van der Waals surface area contributed by atoms with Gasteiger partial charge in [-0.25, -0.2) is 0 Å². The highest BCUT2D eigenvalue weighted by molar-refractivity contribution is 8.26. The average Bonchev–Trinajstić information content (AvgIpc) is 3.52. The third kappa shape index (κ3) is 17.8. The van der Waals surface area contributed by atoms with Gasteiger partial charge in [-0.3, -0.25) is 9.44 Å². The number of rotatable bonds is 15. The molecular formula is C71H99N5S2. The number of nitrogens with zero attached hydrogens (tertiary/aromatic N) is 1. The Hall–Kier alpha value is -4.86. The molecule has 10 rings (SSSR count). The topological polar surface area (TPSA) is 51.4 Å². The van der Waals surface area contributed by atoms with E-state index in [0.717, 1.165) is 30.6 Å². The van der Waals surface area contributed by atoms with Crippen molar-refractivity contribution >= 4 is 48.0 Å². The van der Waals surface area contributed by atoms with Crippen LogP contribution in [0.3, 0.4) is 0 Å². The quantitative estimate of drug-likeness (QED) is 0.0772. The Bertz CT molecular complexity index is 2850. The van der Waals surface area contributed by atoms with E-state index in [4.69, 9.17) is 0 Å². The predicted octanol–water partition coefficient (Wildman–Crippen LogP) is 15.6. The van der Waals surface area contributed by atoms with Gasteiger partial charge in [-0.2, -0.15) is 0 Å².